The number of carboxylic acids is 1. The number of nitrogens with one attached hydrogen (secondary N) is 2. The average molecular weight is 278 g/mol. The summed E-state index contributed by atoms with van der Waals surface area (Å²) in [5.41, 5.74) is 0.793. The van der Waals surface area contributed by atoms with Crippen molar-refractivity contribution in [1.82, 2.24) is 10.6 Å². The van der Waals surface area contributed by atoms with Gasteiger partial charge in [-0.3, -0.25) is 0 Å². The maximum atomic E-state index is 11.8. The van der Waals surface area contributed by atoms with Crippen molar-refractivity contribution >= 4 is 12.0 Å². The Morgan fingerprint density at radius 3 is 2.60 bits per heavy atom. The normalized spacial score (nSPS) is 21.4. The number of carbonyl (C=O) groups excluding carboxylic acids is 1. The predicted molar refractivity (Wildman–Crippen MR) is 72.4 cm³/mol. The molecule has 20 heavy (non-hydrogen) atoms. The smallest absolute Gasteiger partial charge is 0.332 e. The summed E-state index contributed by atoms with van der Waals surface area (Å²) < 4.78 is 5.08. The zero-order valence-corrected chi connectivity index (χ0v) is 11.3. The standard InChI is InChI=1S/C14H18N2O4/c1-10-2-4-11(5-3-10)8-15-13(19)16-14(12(17)18)6-7-20-9-14/h2-5H,6-9H2,1H3,(H,17,18)(H2,15,16,19). The summed E-state index contributed by atoms with van der Waals surface area (Å²) in [6.45, 7) is 2.67. The molecule has 1 aromatic rings. The zero-order chi connectivity index (χ0) is 14.6. The molecule has 1 saturated heterocycles. The maximum absolute atomic E-state index is 11.8. The number of rotatable bonds is 4. The molecule has 108 valence electrons. The summed E-state index contributed by atoms with van der Waals surface area (Å²) in [5, 5.41) is 14.4. The van der Waals surface area contributed by atoms with Gasteiger partial charge < -0.3 is 20.5 Å². The van der Waals surface area contributed by atoms with Crippen LogP contribution in [0.3, 0.4) is 0 Å². The minimum absolute atomic E-state index is 0.000283. The molecule has 1 atom stereocenters. The number of amides is 2. The lowest BCUT2D eigenvalue weighted by Gasteiger charge is -2.23. The van der Waals surface area contributed by atoms with Crippen LogP contribution in [0.4, 0.5) is 4.79 Å². The van der Waals surface area contributed by atoms with Gasteiger partial charge in [-0.2, -0.15) is 0 Å². The third-order valence-corrected chi connectivity index (χ3v) is 3.36. The molecular weight excluding hydrogens is 260 g/mol. The third kappa shape index (κ3) is 3.27. The molecule has 3 N–H and O–H groups in total. The molecule has 0 bridgehead atoms. The first-order chi connectivity index (χ1) is 9.52. The van der Waals surface area contributed by atoms with Crippen molar-refractivity contribution in [3.8, 4) is 0 Å². The van der Waals surface area contributed by atoms with E-state index in [0.717, 1.165) is 11.1 Å². The van der Waals surface area contributed by atoms with E-state index in [1.54, 1.807) is 0 Å². The lowest BCUT2D eigenvalue weighted by Crippen LogP contribution is -2.57. The van der Waals surface area contributed by atoms with Gasteiger partial charge in [0, 0.05) is 19.6 Å². The summed E-state index contributed by atoms with van der Waals surface area (Å²) in [5.74, 6) is -1.07. The van der Waals surface area contributed by atoms with Crippen LogP contribution in [-0.2, 0) is 16.1 Å². The Kier molecular flexibility index (Phi) is 4.24. The Morgan fingerprint density at radius 1 is 1.35 bits per heavy atom. The van der Waals surface area contributed by atoms with Crippen LogP contribution < -0.4 is 10.6 Å². The molecule has 1 aliphatic heterocycles. The Balaban J connectivity index is 1.89. The number of benzene rings is 1. The van der Waals surface area contributed by atoms with Crippen LogP contribution in [0.2, 0.25) is 0 Å². The molecule has 6 heteroatoms. The van der Waals surface area contributed by atoms with E-state index < -0.39 is 17.5 Å². The van der Waals surface area contributed by atoms with E-state index in [-0.39, 0.29) is 13.0 Å². The van der Waals surface area contributed by atoms with Crippen molar-refractivity contribution in [2.75, 3.05) is 13.2 Å². The average Bonchev–Trinajstić information content (AvgIpc) is 2.88. The van der Waals surface area contributed by atoms with E-state index in [1.165, 1.54) is 0 Å². The van der Waals surface area contributed by atoms with Crippen LogP contribution >= 0.6 is 0 Å². The summed E-state index contributed by atoms with van der Waals surface area (Å²) >= 11 is 0. The van der Waals surface area contributed by atoms with E-state index >= 15 is 0 Å². The molecular formula is C14H18N2O4. The van der Waals surface area contributed by atoms with Crippen LogP contribution in [0.15, 0.2) is 24.3 Å². The summed E-state index contributed by atoms with van der Waals surface area (Å²) in [7, 11) is 0. The van der Waals surface area contributed by atoms with E-state index in [4.69, 9.17) is 4.74 Å². The monoisotopic (exact) mass is 278 g/mol. The fourth-order valence-corrected chi connectivity index (χ4v) is 2.04. The lowest BCUT2D eigenvalue weighted by atomic mass is 9.99. The molecule has 2 rings (SSSR count). The number of aliphatic carboxylic acids is 1. The number of carboxylic acid groups (broad SMARTS) is 1. The number of carbonyl (C=O) groups is 2. The zero-order valence-electron chi connectivity index (χ0n) is 11.3. The number of hydrogen-bond acceptors (Lipinski definition) is 3. The quantitative estimate of drug-likeness (QED) is 0.768. The van der Waals surface area contributed by atoms with Crippen molar-refractivity contribution in [3.05, 3.63) is 35.4 Å². The summed E-state index contributed by atoms with van der Waals surface area (Å²) in [6.07, 6.45) is 0.278. The maximum Gasteiger partial charge on any atom is 0.332 e. The van der Waals surface area contributed by atoms with E-state index in [0.29, 0.717) is 13.2 Å². The van der Waals surface area contributed by atoms with Gasteiger partial charge in [-0.1, -0.05) is 29.8 Å². The fraction of sp³-hybridized carbons (Fsp3) is 0.429. The number of hydrogen-bond donors (Lipinski definition) is 3. The first-order valence-electron chi connectivity index (χ1n) is 6.44. The Hall–Kier alpha value is -2.08. The molecule has 1 heterocycles. The molecule has 6 nitrogen and oxygen atoms in total. The van der Waals surface area contributed by atoms with Gasteiger partial charge in [-0.05, 0) is 12.5 Å². The van der Waals surface area contributed by atoms with Crippen LogP contribution in [0, 0.1) is 6.92 Å². The summed E-state index contributed by atoms with van der Waals surface area (Å²) in [6, 6.07) is 7.25. The largest absolute Gasteiger partial charge is 0.479 e. The second-order valence-electron chi connectivity index (χ2n) is 4.98. The second kappa shape index (κ2) is 5.92. The van der Waals surface area contributed by atoms with Gasteiger partial charge in [0.15, 0.2) is 5.54 Å². The highest BCUT2D eigenvalue weighted by molar-refractivity contribution is 5.86. The highest BCUT2D eigenvalue weighted by atomic mass is 16.5. The highest BCUT2D eigenvalue weighted by Gasteiger charge is 2.43. The fourth-order valence-electron chi connectivity index (χ4n) is 2.04. The van der Waals surface area contributed by atoms with Crippen LogP contribution in [0.1, 0.15) is 17.5 Å². The molecule has 2 amide bonds. The van der Waals surface area contributed by atoms with E-state index in [9.17, 15) is 14.7 Å². The lowest BCUT2D eigenvalue weighted by molar-refractivity contribution is -0.144. The van der Waals surface area contributed by atoms with Gasteiger partial charge in [0.05, 0.1) is 6.61 Å². The Labute approximate surface area is 117 Å². The van der Waals surface area contributed by atoms with Crippen molar-refractivity contribution in [2.45, 2.75) is 25.4 Å². The first-order valence-corrected chi connectivity index (χ1v) is 6.44. The second-order valence-corrected chi connectivity index (χ2v) is 4.98. The first kappa shape index (κ1) is 14.3. The van der Waals surface area contributed by atoms with Crippen molar-refractivity contribution in [3.63, 3.8) is 0 Å². The highest BCUT2D eigenvalue weighted by Crippen LogP contribution is 2.18. The summed E-state index contributed by atoms with van der Waals surface area (Å²) in [4.78, 5) is 23.1. The van der Waals surface area contributed by atoms with Crippen molar-refractivity contribution in [2.24, 2.45) is 0 Å². The molecule has 0 aliphatic carbocycles. The number of urea groups is 1. The van der Waals surface area contributed by atoms with Crippen LogP contribution in [0.25, 0.3) is 0 Å². The van der Waals surface area contributed by atoms with Crippen molar-refractivity contribution in [1.29, 1.82) is 0 Å². The molecule has 1 fully saturated rings. The molecule has 0 saturated carbocycles. The van der Waals surface area contributed by atoms with Gasteiger partial charge in [0.1, 0.15) is 0 Å². The van der Waals surface area contributed by atoms with Crippen LogP contribution in [0.5, 0.6) is 0 Å². The minimum atomic E-state index is -1.31. The SMILES string of the molecule is Cc1ccc(CNC(=O)NC2(C(=O)O)CCOC2)cc1. The topological polar surface area (TPSA) is 87.7 Å². The van der Waals surface area contributed by atoms with Gasteiger partial charge >= 0.3 is 12.0 Å². The Bertz CT molecular complexity index is 492. The van der Waals surface area contributed by atoms with Gasteiger partial charge in [-0.25, -0.2) is 9.59 Å². The van der Waals surface area contributed by atoms with E-state index in [2.05, 4.69) is 10.6 Å². The van der Waals surface area contributed by atoms with E-state index in [1.807, 2.05) is 31.2 Å². The van der Waals surface area contributed by atoms with Gasteiger partial charge in [0.25, 0.3) is 0 Å². The Morgan fingerprint density at radius 2 is 2.05 bits per heavy atom. The molecule has 1 aromatic carbocycles. The van der Waals surface area contributed by atoms with Gasteiger partial charge in [0.2, 0.25) is 0 Å². The molecule has 1 unspecified atom stereocenters. The van der Waals surface area contributed by atoms with Crippen molar-refractivity contribution < 1.29 is 19.4 Å². The van der Waals surface area contributed by atoms with Gasteiger partial charge in [-0.15, -0.1) is 0 Å². The molecule has 0 radical (unpaired) electrons. The molecule has 0 spiro atoms. The minimum Gasteiger partial charge on any atom is -0.479 e. The number of ether oxygens (including phenoxy) is 1. The molecule has 1 aliphatic rings. The number of aryl methyl sites for hydroxylation is 1. The van der Waals surface area contributed by atoms with Crippen LogP contribution in [-0.4, -0.2) is 35.9 Å². The predicted octanol–water partition coefficient (Wildman–Crippen LogP) is 1.04. The molecule has 0 aromatic heterocycles. The third-order valence-electron chi connectivity index (χ3n) is 3.36.